The van der Waals surface area contributed by atoms with Crippen LogP contribution in [-0.2, 0) is 19.1 Å². The molecule has 3 atom stereocenters. The molecule has 2 N–H and O–H groups in total. The SMILES string of the molecule is CC(=O)OC[C@H]1C[C@@H](n2cnc3c(Cl)nc(N)nc32)C[C@@H]1OC(C)=O. The number of carbonyl (C=O) groups excluding carboxylic acids is 2. The first-order valence-electron chi connectivity index (χ1n) is 7.81. The van der Waals surface area contributed by atoms with Crippen LogP contribution >= 0.6 is 11.6 Å². The number of imidazole rings is 1. The van der Waals surface area contributed by atoms with Gasteiger partial charge in [-0.2, -0.15) is 9.97 Å². The average Bonchev–Trinajstić information content (AvgIpc) is 3.08. The van der Waals surface area contributed by atoms with Crippen molar-refractivity contribution in [3.63, 3.8) is 0 Å². The van der Waals surface area contributed by atoms with E-state index in [0.29, 0.717) is 24.0 Å². The summed E-state index contributed by atoms with van der Waals surface area (Å²) in [4.78, 5) is 34.8. The maximum absolute atomic E-state index is 11.4. The Morgan fingerprint density at radius 1 is 1.32 bits per heavy atom. The van der Waals surface area contributed by atoms with Gasteiger partial charge in [-0.3, -0.25) is 9.59 Å². The third-order valence-corrected chi connectivity index (χ3v) is 4.48. The predicted octanol–water partition coefficient (Wildman–Crippen LogP) is 1.51. The van der Waals surface area contributed by atoms with Crippen LogP contribution in [0.1, 0.15) is 32.7 Å². The van der Waals surface area contributed by atoms with Crippen molar-refractivity contribution in [2.24, 2.45) is 5.92 Å². The molecule has 1 aliphatic carbocycles. The number of aromatic nitrogens is 4. The zero-order chi connectivity index (χ0) is 18.1. The molecular weight excluding hydrogens is 350 g/mol. The van der Waals surface area contributed by atoms with Crippen molar-refractivity contribution in [3.8, 4) is 0 Å². The molecule has 0 aromatic carbocycles. The van der Waals surface area contributed by atoms with Crippen LogP contribution in [0.15, 0.2) is 6.33 Å². The van der Waals surface area contributed by atoms with E-state index in [1.165, 1.54) is 13.8 Å². The van der Waals surface area contributed by atoms with Crippen molar-refractivity contribution >= 4 is 40.7 Å². The lowest BCUT2D eigenvalue weighted by Crippen LogP contribution is -2.25. The standard InChI is InChI=1S/C15H18ClN5O4/c1-7(22)24-5-9-3-10(4-11(9)25-8(2)23)21-6-18-12-13(16)19-15(17)20-14(12)21/h6,9-11H,3-5H2,1-2H3,(H2,17,19,20)/t9-,10-,11+/m1/s1. The van der Waals surface area contributed by atoms with E-state index in [0.717, 1.165) is 0 Å². The fourth-order valence-electron chi connectivity index (χ4n) is 3.21. The van der Waals surface area contributed by atoms with E-state index >= 15 is 0 Å². The largest absolute Gasteiger partial charge is 0.465 e. The second-order valence-corrected chi connectivity index (χ2v) is 6.39. The highest BCUT2D eigenvalue weighted by atomic mass is 35.5. The zero-order valence-corrected chi connectivity index (χ0v) is 14.6. The van der Waals surface area contributed by atoms with Gasteiger partial charge in [0.25, 0.3) is 0 Å². The summed E-state index contributed by atoms with van der Waals surface area (Å²) in [6, 6.07) is -0.0414. The molecule has 1 saturated carbocycles. The number of fused-ring (bicyclic) bond motifs is 1. The molecule has 2 heterocycles. The molecule has 0 unspecified atom stereocenters. The molecule has 10 heteroatoms. The Kier molecular flexibility index (Phi) is 4.76. The second-order valence-electron chi connectivity index (χ2n) is 6.03. The number of ether oxygens (including phenoxy) is 2. The highest BCUT2D eigenvalue weighted by Crippen LogP contribution is 2.38. The molecule has 2 aromatic heterocycles. The molecule has 0 amide bonds. The van der Waals surface area contributed by atoms with Gasteiger partial charge in [0.05, 0.1) is 12.9 Å². The molecule has 1 fully saturated rings. The average molecular weight is 368 g/mol. The van der Waals surface area contributed by atoms with Crippen LogP contribution < -0.4 is 5.73 Å². The molecule has 0 aliphatic heterocycles. The van der Waals surface area contributed by atoms with Gasteiger partial charge in [-0.1, -0.05) is 11.6 Å². The smallest absolute Gasteiger partial charge is 0.302 e. The number of nitrogens with two attached hydrogens (primary N) is 1. The monoisotopic (exact) mass is 367 g/mol. The van der Waals surface area contributed by atoms with Gasteiger partial charge in [-0.15, -0.1) is 0 Å². The number of anilines is 1. The normalized spacial score (nSPS) is 22.9. The van der Waals surface area contributed by atoms with Crippen molar-refractivity contribution in [1.82, 2.24) is 19.5 Å². The third kappa shape index (κ3) is 3.65. The third-order valence-electron chi connectivity index (χ3n) is 4.21. The van der Waals surface area contributed by atoms with Crippen molar-refractivity contribution in [2.45, 2.75) is 38.8 Å². The minimum Gasteiger partial charge on any atom is -0.465 e. The van der Waals surface area contributed by atoms with Crippen LogP contribution in [0, 0.1) is 5.92 Å². The first-order chi connectivity index (χ1) is 11.8. The number of hydrogen-bond acceptors (Lipinski definition) is 8. The zero-order valence-electron chi connectivity index (χ0n) is 13.8. The number of esters is 2. The summed E-state index contributed by atoms with van der Waals surface area (Å²) in [6.45, 7) is 2.89. The second kappa shape index (κ2) is 6.83. The topological polar surface area (TPSA) is 122 Å². The van der Waals surface area contributed by atoms with Crippen molar-refractivity contribution < 1.29 is 19.1 Å². The lowest BCUT2D eigenvalue weighted by Gasteiger charge is -2.18. The van der Waals surface area contributed by atoms with Gasteiger partial charge in [0.15, 0.2) is 10.8 Å². The molecule has 9 nitrogen and oxygen atoms in total. The van der Waals surface area contributed by atoms with Crippen molar-refractivity contribution in [2.75, 3.05) is 12.3 Å². The van der Waals surface area contributed by atoms with Crippen LogP contribution in [0.2, 0.25) is 5.15 Å². The van der Waals surface area contributed by atoms with Crippen LogP contribution in [0.3, 0.4) is 0 Å². The molecule has 2 aromatic rings. The van der Waals surface area contributed by atoms with Crippen LogP contribution in [0.4, 0.5) is 5.95 Å². The minimum absolute atomic E-state index is 0.0414. The summed E-state index contributed by atoms with van der Waals surface area (Å²) in [7, 11) is 0. The Bertz CT molecular complexity index is 824. The van der Waals surface area contributed by atoms with E-state index in [-0.39, 0.29) is 47.7 Å². The summed E-state index contributed by atoms with van der Waals surface area (Å²) in [5.41, 5.74) is 6.66. The van der Waals surface area contributed by atoms with E-state index in [1.54, 1.807) is 6.33 Å². The van der Waals surface area contributed by atoms with Gasteiger partial charge in [0.1, 0.15) is 11.6 Å². The lowest BCUT2D eigenvalue weighted by molar-refractivity contribution is -0.151. The van der Waals surface area contributed by atoms with E-state index in [2.05, 4.69) is 15.0 Å². The summed E-state index contributed by atoms with van der Waals surface area (Å²) >= 11 is 6.06. The maximum atomic E-state index is 11.4. The molecule has 0 bridgehead atoms. The number of nitrogens with zero attached hydrogens (tertiary/aromatic N) is 4. The molecule has 0 saturated heterocycles. The minimum atomic E-state index is -0.372. The number of carbonyl (C=O) groups is 2. The van der Waals surface area contributed by atoms with E-state index in [4.69, 9.17) is 26.8 Å². The molecule has 1 aliphatic rings. The lowest BCUT2D eigenvalue weighted by atomic mass is 10.1. The van der Waals surface area contributed by atoms with Gasteiger partial charge in [-0.25, -0.2) is 4.98 Å². The number of hydrogen-bond donors (Lipinski definition) is 1. The van der Waals surface area contributed by atoms with Crippen LogP contribution in [-0.4, -0.2) is 44.2 Å². The molecule has 0 spiro atoms. The predicted molar refractivity (Wildman–Crippen MR) is 88.7 cm³/mol. The van der Waals surface area contributed by atoms with Gasteiger partial charge in [0, 0.05) is 32.2 Å². The van der Waals surface area contributed by atoms with Crippen LogP contribution in [0.5, 0.6) is 0 Å². The Balaban J connectivity index is 1.87. The van der Waals surface area contributed by atoms with Gasteiger partial charge < -0.3 is 19.8 Å². The maximum Gasteiger partial charge on any atom is 0.302 e. The quantitative estimate of drug-likeness (QED) is 0.637. The molecule has 134 valence electrons. The van der Waals surface area contributed by atoms with Crippen molar-refractivity contribution in [1.29, 1.82) is 0 Å². The molecule has 25 heavy (non-hydrogen) atoms. The Morgan fingerprint density at radius 3 is 2.76 bits per heavy atom. The summed E-state index contributed by atoms with van der Waals surface area (Å²) in [5, 5.41) is 0.187. The number of nitrogen functional groups attached to an aromatic ring is 1. The molecule has 0 radical (unpaired) electrons. The summed E-state index contributed by atoms with van der Waals surface area (Å²) in [5.74, 6) is -0.788. The van der Waals surface area contributed by atoms with Gasteiger partial charge in [0.2, 0.25) is 5.95 Å². The van der Waals surface area contributed by atoms with Gasteiger partial charge >= 0.3 is 11.9 Å². The van der Waals surface area contributed by atoms with E-state index in [9.17, 15) is 9.59 Å². The van der Waals surface area contributed by atoms with E-state index in [1.807, 2.05) is 4.57 Å². The van der Waals surface area contributed by atoms with Crippen LogP contribution in [0.25, 0.3) is 11.2 Å². The van der Waals surface area contributed by atoms with E-state index < -0.39 is 0 Å². The molecular formula is C15H18ClN5O4. The number of rotatable bonds is 4. The fourth-order valence-corrected chi connectivity index (χ4v) is 3.43. The summed E-state index contributed by atoms with van der Waals surface area (Å²) < 4.78 is 12.4. The Labute approximate surface area is 148 Å². The Morgan fingerprint density at radius 2 is 2.08 bits per heavy atom. The van der Waals surface area contributed by atoms with Crippen molar-refractivity contribution in [3.05, 3.63) is 11.5 Å². The first-order valence-corrected chi connectivity index (χ1v) is 8.19. The first kappa shape index (κ1) is 17.4. The molecule has 3 rings (SSSR count). The highest BCUT2D eigenvalue weighted by Gasteiger charge is 2.38. The number of halogens is 1. The summed E-state index contributed by atoms with van der Waals surface area (Å²) in [6.07, 6.45) is 2.46. The highest BCUT2D eigenvalue weighted by molar-refractivity contribution is 6.33. The van der Waals surface area contributed by atoms with Gasteiger partial charge in [-0.05, 0) is 6.42 Å². The fraction of sp³-hybridized carbons (Fsp3) is 0.533. The Hall–Kier alpha value is -2.42.